The Morgan fingerprint density at radius 1 is 1.12 bits per heavy atom. The number of methoxy groups -OCH3 is 1. The molecule has 0 atom stereocenters. The van der Waals surface area contributed by atoms with Crippen molar-refractivity contribution in [3.05, 3.63) is 59.9 Å². The minimum Gasteiger partial charge on any atom is -0.493 e. The van der Waals surface area contributed by atoms with E-state index in [9.17, 15) is 9.59 Å². The van der Waals surface area contributed by atoms with Gasteiger partial charge in [0.1, 0.15) is 5.58 Å². The van der Waals surface area contributed by atoms with Crippen LogP contribution >= 0.6 is 0 Å². The van der Waals surface area contributed by atoms with Crippen molar-refractivity contribution in [1.29, 1.82) is 0 Å². The summed E-state index contributed by atoms with van der Waals surface area (Å²) >= 11 is 0. The van der Waals surface area contributed by atoms with Crippen molar-refractivity contribution in [1.82, 2.24) is 5.43 Å². The summed E-state index contributed by atoms with van der Waals surface area (Å²) in [4.78, 5) is 23.2. The summed E-state index contributed by atoms with van der Waals surface area (Å²) in [6.07, 6.45) is 1.45. The zero-order valence-electron chi connectivity index (χ0n) is 14.2. The van der Waals surface area contributed by atoms with E-state index in [0.29, 0.717) is 22.6 Å². The Kier molecular flexibility index (Phi) is 4.98. The predicted molar refractivity (Wildman–Crippen MR) is 95.6 cm³/mol. The normalized spacial score (nSPS) is 10.8. The average molecular weight is 352 g/mol. The Labute approximate surface area is 149 Å². The van der Waals surface area contributed by atoms with Crippen LogP contribution in [0.3, 0.4) is 0 Å². The van der Waals surface area contributed by atoms with Crippen LogP contribution in [0.25, 0.3) is 11.0 Å². The molecule has 7 heteroatoms. The molecular formula is C19H16N2O5. The molecule has 0 aliphatic heterocycles. The van der Waals surface area contributed by atoms with Crippen molar-refractivity contribution in [2.75, 3.05) is 7.11 Å². The highest BCUT2D eigenvalue weighted by atomic mass is 16.6. The fourth-order valence-electron chi connectivity index (χ4n) is 2.32. The maximum absolute atomic E-state index is 12.1. The lowest BCUT2D eigenvalue weighted by molar-refractivity contribution is -0.132. The van der Waals surface area contributed by atoms with Crippen molar-refractivity contribution >= 4 is 29.1 Å². The number of fused-ring (bicyclic) bond motifs is 1. The first-order valence-electron chi connectivity index (χ1n) is 7.75. The Balaban J connectivity index is 1.69. The molecule has 2 aromatic carbocycles. The highest BCUT2D eigenvalue weighted by Gasteiger charge is 2.11. The number of ether oxygens (including phenoxy) is 2. The minimum atomic E-state index is -0.457. The van der Waals surface area contributed by atoms with Crippen LogP contribution in [0.15, 0.2) is 58.0 Å². The van der Waals surface area contributed by atoms with Gasteiger partial charge in [0.2, 0.25) is 0 Å². The highest BCUT2D eigenvalue weighted by Crippen LogP contribution is 2.27. The van der Waals surface area contributed by atoms with Crippen LogP contribution in [0.4, 0.5) is 0 Å². The van der Waals surface area contributed by atoms with Gasteiger partial charge in [0.15, 0.2) is 17.3 Å². The third kappa shape index (κ3) is 3.89. The van der Waals surface area contributed by atoms with Gasteiger partial charge in [-0.3, -0.25) is 9.59 Å². The van der Waals surface area contributed by atoms with Crippen molar-refractivity contribution in [3.63, 3.8) is 0 Å². The third-order valence-corrected chi connectivity index (χ3v) is 3.47. The predicted octanol–water partition coefficient (Wildman–Crippen LogP) is 3.13. The quantitative estimate of drug-likeness (QED) is 0.330. The van der Waals surface area contributed by atoms with E-state index in [0.717, 1.165) is 5.39 Å². The van der Waals surface area contributed by atoms with Crippen LogP contribution in [0, 0.1) is 0 Å². The lowest BCUT2D eigenvalue weighted by Gasteiger charge is -2.08. The number of esters is 1. The van der Waals surface area contributed by atoms with Gasteiger partial charge in [-0.05, 0) is 35.9 Å². The molecule has 7 nitrogen and oxygen atoms in total. The molecule has 26 heavy (non-hydrogen) atoms. The summed E-state index contributed by atoms with van der Waals surface area (Å²) in [5.41, 5.74) is 3.69. The number of hydrogen-bond donors (Lipinski definition) is 1. The number of hydrogen-bond acceptors (Lipinski definition) is 6. The first-order chi connectivity index (χ1) is 12.6. The molecule has 0 fully saturated rings. The summed E-state index contributed by atoms with van der Waals surface area (Å²) in [6.45, 7) is 1.31. The molecule has 0 saturated carbocycles. The van der Waals surface area contributed by atoms with Gasteiger partial charge in [0, 0.05) is 12.3 Å². The number of hydrazone groups is 1. The number of nitrogens with one attached hydrogen (secondary N) is 1. The maximum atomic E-state index is 12.1. The van der Waals surface area contributed by atoms with Crippen LogP contribution in [-0.4, -0.2) is 25.2 Å². The maximum Gasteiger partial charge on any atom is 0.308 e. The van der Waals surface area contributed by atoms with Crippen molar-refractivity contribution in [2.45, 2.75) is 6.92 Å². The monoisotopic (exact) mass is 352 g/mol. The standard InChI is InChI=1S/C19H16N2O5/c1-12(22)25-16-8-7-13(9-17(16)24-2)11-20-21-19(23)18-10-14-5-3-4-6-15(14)26-18/h3-11H,1-2H3,(H,21,23)/b20-11+. The molecule has 0 spiro atoms. The average Bonchev–Trinajstić information content (AvgIpc) is 3.06. The largest absolute Gasteiger partial charge is 0.493 e. The molecule has 0 bridgehead atoms. The molecule has 3 rings (SSSR count). The van der Waals surface area contributed by atoms with Crippen molar-refractivity contribution in [2.24, 2.45) is 5.10 Å². The van der Waals surface area contributed by atoms with E-state index < -0.39 is 11.9 Å². The summed E-state index contributed by atoms with van der Waals surface area (Å²) < 4.78 is 15.7. The molecule has 0 saturated heterocycles. The van der Waals surface area contributed by atoms with Gasteiger partial charge in [-0.15, -0.1) is 0 Å². The fourth-order valence-corrected chi connectivity index (χ4v) is 2.32. The smallest absolute Gasteiger partial charge is 0.308 e. The fraction of sp³-hybridized carbons (Fsp3) is 0.105. The van der Waals surface area contributed by atoms with Gasteiger partial charge in [0.25, 0.3) is 0 Å². The number of amides is 1. The van der Waals surface area contributed by atoms with E-state index in [2.05, 4.69) is 10.5 Å². The number of carbonyl (C=O) groups is 2. The van der Waals surface area contributed by atoms with E-state index in [1.54, 1.807) is 30.3 Å². The lowest BCUT2D eigenvalue weighted by Crippen LogP contribution is -2.16. The number of rotatable bonds is 5. The molecule has 1 aromatic heterocycles. The number of nitrogens with zero attached hydrogens (tertiary/aromatic N) is 1. The Morgan fingerprint density at radius 2 is 1.92 bits per heavy atom. The molecule has 0 aliphatic rings. The summed E-state index contributed by atoms with van der Waals surface area (Å²) in [5.74, 6) is -0.0360. The van der Waals surface area contributed by atoms with Crippen molar-refractivity contribution < 1.29 is 23.5 Å². The zero-order valence-corrected chi connectivity index (χ0v) is 14.2. The summed E-state index contributed by atoms with van der Waals surface area (Å²) in [7, 11) is 1.46. The lowest BCUT2D eigenvalue weighted by atomic mass is 10.2. The van der Waals surface area contributed by atoms with Crippen LogP contribution in [0.5, 0.6) is 11.5 Å². The van der Waals surface area contributed by atoms with E-state index in [4.69, 9.17) is 13.9 Å². The number of carbonyl (C=O) groups excluding carboxylic acids is 2. The van der Waals surface area contributed by atoms with Gasteiger partial charge in [0.05, 0.1) is 13.3 Å². The molecule has 3 aromatic rings. The molecule has 0 radical (unpaired) electrons. The van der Waals surface area contributed by atoms with Gasteiger partial charge >= 0.3 is 11.9 Å². The number of benzene rings is 2. The molecule has 1 N–H and O–H groups in total. The van der Waals surface area contributed by atoms with E-state index in [1.807, 2.05) is 18.2 Å². The molecule has 1 heterocycles. The highest BCUT2D eigenvalue weighted by molar-refractivity contribution is 5.96. The van der Waals surface area contributed by atoms with Gasteiger partial charge < -0.3 is 13.9 Å². The topological polar surface area (TPSA) is 90.1 Å². The second-order valence-electron chi connectivity index (χ2n) is 5.35. The molecule has 0 unspecified atom stereocenters. The van der Waals surface area contributed by atoms with Crippen LogP contribution < -0.4 is 14.9 Å². The van der Waals surface area contributed by atoms with E-state index in [-0.39, 0.29) is 5.76 Å². The van der Waals surface area contributed by atoms with Gasteiger partial charge in [-0.1, -0.05) is 18.2 Å². The van der Waals surface area contributed by atoms with Crippen molar-refractivity contribution in [3.8, 4) is 11.5 Å². The van der Waals surface area contributed by atoms with Gasteiger partial charge in [-0.25, -0.2) is 5.43 Å². The minimum absolute atomic E-state index is 0.172. The van der Waals surface area contributed by atoms with Crippen LogP contribution in [0.2, 0.25) is 0 Å². The Bertz CT molecular complexity index is 958. The Morgan fingerprint density at radius 3 is 2.65 bits per heavy atom. The first-order valence-corrected chi connectivity index (χ1v) is 7.75. The number of furan rings is 1. The molecule has 132 valence electrons. The van der Waals surface area contributed by atoms with Gasteiger partial charge in [-0.2, -0.15) is 5.10 Å². The molecule has 1 amide bonds. The summed E-state index contributed by atoms with van der Waals surface area (Å²) in [5, 5.41) is 4.75. The second-order valence-corrected chi connectivity index (χ2v) is 5.35. The third-order valence-electron chi connectivity index (χ3n) is 3.47. The van der Waals surface area contributed by atoms with Crippen LogP contribution in [-0.2, 0) is 4.79 Å². The first kappa shape index (κ1) is 17.2. The van der Waals surface area contributed by atoms with Crippen LogP contribution in [0.1, 0.15) is 23.0 Å². The molecule has 0 aliphatic carbocycles. The second kappa shape index (κ2) is 7.52. The Hall–Kier alpha value is -3.61. The molecular weight excluding hydrogens is 336 g/mol. The SMILES string of the molecule is COc1cc(/C=N/NC(=O)c2cc3ccccc3o2)ccc1OC(C)=O. The van der Waals surface area contributed by atoms with E-state index >= 15 is 0 Å². The van der Waals surface area contributed by atoms with E-state index in [1.165, 1.54) is 20.2 Å². The number of para-hydroxylation sites is 1. The summed E-state index contributed by atoms with van der Waals surface area (Å²) in [6, 6.07) is 13.9. The zero-order chi connectivity index (χ0) is 18.5.